The molecule has 1 unspecified atom stereocenters. The Morgan fingerprint density at radius 1 is 1.30 bits per heavy atom. The van der Waals surface area contributed by atoms with Crippen molar-refractivity contribution in [1.82, 2.24) is 10.3 Å². The number of carbonyl (C=O) groups excluding carboxylic acids is 1. The smallest absolute Gasteiger partial charge is 0.220 e. The van der Waals surface area contributed by atoms with E-state index in [1.54, 1.807) is 0 Å². The molecule has 0 spiro atoms. The van der Waals surface area contributed by atoms with Crippen LogP contribution in [0.2, 0.25) is 0 Å². The lowest BCUT2D eigenvalue weighted by molar-refractivity contribution is -0.123. The molecule has 0 bridgehead atoms. The lowest BCUT2D eigenvalue weighted by Gasteiger charge is -2.19. The number of nitrogens with one attached hydrogen (secondary N) is 2. The monoisotopic (exact) mass is 270 g/mol. The molecule has 1 aromatic heterocycles. The SMILES string of the molecule is CC(C)(C)CC(=O)NC1Cc2[nH]c3ccccc3c2C1. The molecular weight excluding hydrogens is 248 g/mol. The van der Waals surface area contributed by atoms with Crippen molar-refractivity contribution in [3.8, 4) is 0 Å². The Hall–Kier alpha value is -1.77. The van der Waals surface area contributed by atoms with Crippen LogP contribution in [0.5, 0.6) is 0 Å². The van der Waals surface area contributed by atoms with Crippen LogP contribution in [0.15, 0.2) is 24.3 Å². The third-order valence-electron chi connectivity index (χ3n) is 3.86. The number of para-hydroxylation sites is 1. The van der Waals surface area contributed by atoms with Gasteiger partial charge in [-0.15, -0.1) is 0 Å². The van der Waals surface area contributed by atoms with Crippen molar-refractivity contribution in [1.29, 1.82) is 0 Å². The number of aromatic amines is 1. The van der Waals surface area contributed by atoms with Crippen LogP contribution < -0.4 is 5.32 Å². The molecule has 0 saturated heterocycles. The maximum atomic E-state index is 12.0. The van der Waals surface area contributed by atoms with Crippen molar-refractivity contribution in [3.05, 3.63) is 35.5 Å². The Morgan fingerprint density at radius 3 is 2.80 bits per heavy atom. The molecule has 20 heavy (non-hydrogen) atoms. The van der Waals surface area contributed by atoms with Crippen molar-refractivity contribution >= 4 is 16.8 Å². The Bertz CT molecular complexity index is 649. The summed E-state index contributed by atoms with van der Waals surface area (Å²) in [7, 11) is 0. The van der Waals surface area contributed by atoms with Gasteiger partial charge in [0, 0.05) is 35.5 Å². The summed E-state index contributed by atoms with van der Waals surface area (Å²) in [6.07, 6.45) is 2.44. The summed E-state index contributed by atoms with van der Waals surface area (Å²) in [6, 6.07) is 8.64. The molecule has 1 atom stereocenters. The molecule has 3 heteroatoms. The molecule has 1 aromatic carbocycles. The third kappa shape index (κ3) is 2.58. The second kappa shape index (κ2) is 4.65. The van der Waals surface area contributed by atoms with Crippen LogP contribution >= 0.6 is 0 Å². The number of benzene rings is 1. The molecule has 0 aliphatic heterocycles. The van der Waals surface area contributed by atoms with E-state index in [0.29, 0.717) is 6.42 Å². The average molecular weight is 270 g/mol. The number of amides is 1. The highest BCUT2D eigenvalue weighted by Crippen LogP contribution is 2.30. The van der Waals surface area contributed by atoms with Crippen molar-refractivity contribution in [2.24, 2.45) is 5.41 Å². The van der Waals surface area contributed by atoms with E-state index in [9.17, 15) is 4.79 Å². The van der Waals surface area contributed by atoms with Gasteiger partial charge in [0.15, 0.2) is 0 Å². The highest BCUT2D eigenvalue weighted by Gasteiger charge is 2.27. The van der Waals surface area contributed by atoms with Gasteiger partial charge in [-0.3, -0.25) is 4.79 Å². The Kier molecular flexibility index (Phi) is 3.08. The number of rotatable bonds is 2. The fourth-order valence-corrected chi connectivity index (χ4v) is 3.09. The molecule has 1 amide bonds. The van der Waals surface area contributed by atoms with Crippen LogP contribution in [-0.4, -0.2) is 16.9 Å². The van der Waals surface area contributed by atoms with Crippen LogP contribution in [0.25, 0.3) is 10.9 Å². The second-order valence-electron chi connectivity index (χ2n) is 7.04. The topological polar surface area (TPSA) is 44.9 Å². The zero-order valence-electron chi connectivity index (χ0n) is 12.4. The van der Waals surface area contributed by atoms with Crippen molar-refractivity contribution in [2.75, 3.05) is 0 Å². The fraction of sp³-hybridized carbons (Fsp3) is 0.471. The van der Waals surface area contributed by atoms with Gasteiger partial charge >= 0.3 is 0 Å². The van der Waals surface area contributed by atoms with Crippen LogP contribution in [0.4, 0.5) is 0 Å². The number of aromatic nitrogens is 1. The van der Waals surface area contributed by atoms with E-state index in [0.717, 1.165) is 12.8 Å². The molecule has 0 saturated carbocycles. The lowest BCUT2D eigenvalue weighted by Crippen LogP contribution is -2.37. The highest BCUT2D eigenvalue weighted by molar-refractivity contribution is 5.85. The third-order valence-corrected chi connectivity index (χ3v) is 3.86. The predicted molar refractivity (Wildman–Crippen MR) is 81.7 cm³/mol. The first-order valence-corrected chi connectivity index (χ1v) is 7.30. The maximum absolute atomic E-state index is 12.0. The van der Waals surface area contributed by atoms with Gasteiger partial charge in [0.05, 0.1) is 0 Å². The fourth-order valence-electron chi connectivity index (χ4n) is 3.09. The molecule has 3 rings (SSSR count). The zero-order valence-corrected chi connectivity index (χ0v) is 12.4. The number of hydrogen-bond acceptors (Lipinski definition) is 1. The standard InChI is InChI=1S/C17H22N2O/c1-17(2,3)10-16(20)18-11-8-13-12-6-4-5-7-14(12)19-15(13)9-11/h4-7,11,19H,8-10H2,1-3H3,(H,18,20). The number of carbonyl (C=O) groups is 1. The number of H-pyrrole nitrogens is 1. The van der Waals surface area contributed by atoms with Gasteiger partial charge in [-0.05, 0) is 23.5 Å². The first-order valence-electron chi connectivity index (χ1n) is 7.30. The van der Waals surface area contributed by atoms with Crippen LogP contribution in [-0.2, 0) is 17.6 Å². The molecule has 2 N–H and O–H groups in total. The van der Waals surface area contributed by atoms with Crippen LogP contribution in [0.1, 0.15) is 38.4 Å². The minimum Gasteiger partial charge on any atom is -0.358 e. The van der Waals surface area contributed by atoms with E-state index in [1.807, 2.05) is 0 Å². The molecule has 3 nitrogen and oxygen atoms in total. The summed E-state index contributed by atoms with van der Waals surface area (Å²) >= 11 is 0. The summed E-state index contributed by atoms with van der Waals surface area (Å²) in [6.45, 7) is 6.28. The molecular formula is C17H22N2O. The quantitative estimate of drug-likeness (QED) is 0.865. The summed E-state index contributed by atoms with van der Waals surface area (Å²) < 4.78 is 0. The minimum absolute atomic E-state index is 0.0453. The van der Waals surface area contributed by atoms with Crippen molar-refractivity contribution in [3.63, 3.8) is 0 Å². The molecule has 106 valence electrons. The van der Waals surface area contributed by atoms with Crippen LogP contribution in [0, 0.1) is 5.41 Å². The van der Waals surface area contributed by atoms with Gasteiger partial charge in [-0.25, -0.2) is 0 Å². The molecule has 0 radical (unpaired) electrons. The Balaban J connectivity index is 1.70. The Morgan fingerprint density at radius 2 is 2.05 bits per heavy atom. The molecule has 2 aromatic rings. The van der Waals surface area contributed by atoms with Crippen LogP contribution in [0.3, 0.4) is 0 Å². The largest absolute Gasteiger partial charge is 0.358 e. The maximum Gasteiger partial charge on any atom is 0.220 e. The molecule has 1 aliphatic rings. The van der Waals surface area contributed by atoms with E-state index in [4.69, 9.17) is 0 Å². The molecule has 1 aliphatic carbocycles. The minimum atomic E-state index is 0.0453. The van der Waals surface area contributed by atoms with Gasteiger partial charge < -0.3 is 10.3 Å². The first-order chi connectivity index (χ1) is 9.42. The summed E-state index contributed by atoms with van der Waals surface area (Å²) in [4.78, 5) is 15.5. The van der Waals surface area contributed by atoms with Gasteiger partial charge in [0.1, 0.15) is 0 Å². The van der Waals surface area contributed by atoms with E-state index >= 15 is 0 Å². The van der Waals surface area contributed by atoms with E-state index in [2.05, 4.69) is 55.3 Å². The predicted octanol–water partition coefficient (Wildman–Crippen LogP) is 3.19. The highest BCUT2D eigenvalue weighted by atomic mass is 16.1. The zero-order chi connectivity index (χ0) is 14.3. The summed E-state index contributed by atoms with van der Waals surface area (Å²) in [5.41, 5.74) is 3.91. The van der Waals surface area contributed by atoms with Gasteiger partial charge in [0.25, 0.3) is 0 Å². The lowest BCUT2D eigenvalue weighted by atomic mass is 9.92. The van der Waals surface area contributed by atoms with Crippen molar-refractivity contribution < 1.29 is 4.79 Å². The molecule has 0 fully saturated rings. The van der Waals surface area contributed by atoms with Gasteiger partial charge in [0.2, 0.25) is 5.91 Å². The average Bonchev–Trinajstić information content (AvgIpc) is 2.83. The number of fused-ring (bicyclic) bond motifs is 3. The molecule has 1 heterocycles. The van der Waals surface area contributed by atoms with E-state index in [1.165, 1.54) is 22.2 Å². The first kappa shape index (κ1) is 13.2. The van der Waals surface area contributed by atoms with Crippen molar-refractivity contribution in [2.45, 2.75) is 46.1 Å². The normalized spacial score (nSPS) is 18.2. The van der Waals surface area contributed by atoms with E-state index in [-0.39, 0.29) is 17.4 Å². The van der Waals surface area contributed by atoms with Gasteiger partial charge in [-0.2, -0.15) is 0 Å². The second-order valence-corrected chi connectivity index (χ2v) is 7.04. The van der Waals surface area contributed by atoms with Gasteiger partial charge in [-0.1, -0.05) is 39.0 Å². The summed E-state index contributed by atoms with van der Waals surface area (Å²) in [5.74, 6) is 0.164. The van der Waals surface area contributed by atoms with E-state index < -0.39 is 0 Å². The number of hydrogen-bond donors (Lipinski definition) is 2. The Labute approximate surface area is 119 Å². The summed E-state index contributed by atoms with van der Waals surface area (Å²) in [5, 5.41) is 4.48.